The minimum absolute atomic E-state index is 0.0723. The molecule has 0 aliphatic heterocycles. The van der Waals surface area contributed by atoms with Crippen LogP contribution in [0, 0.1) is 0 Å². The molecular weight excluding hydrogens is 278 g/mol. The molecule has 0 fully saturated rings. The number of aromatic nitrogens is 2. The molecule has 0 aliphatic carbocycles. The molecule has 0 aliphatic rings. The Bertz CT molecular complexity index is 661. The summed E-state index contributed by atoms with van der Waals surface area (Å²) in [4.78, 5) is 7.68. The lowest BCUT2D eigenvalue weighted by atomic mass is 10.3. The highest BCUT2D eigenvalue weighted by Gasteiger charge is 2.10. The molecule has 0 saturated carbocycles. The highest BCUT2D eigenvalue weighted by atomic mass is 32.2. The van der Waals surface area contributed by atoms with Gasteiger partial charge in [-0.2, -0.15) is 0 Å². The van der Waals surface area contributed by atoms with Crippen LogP contribution in [-0.4, -0.2) is 30.7 Å². The minimum atomic E-state index is -3.41. The van der Waals surface area contributed by atoms with Crippen molar-refractivity contribution < 1.29 is 8.42 Å². The minimum Gasteiger partial charge on any atom is -0.396 e. The van der Waals surface area contributed by atoms with E-state index in [1.54, 1.807) is 24.4 Å². The van der Waals surface area contributed by atoms with Crippen LogP contribution in [0.25, 0.3) is 0 Å². The van der Waals surface area contributed by atoms with Crippen LogP contribution in [0.3, 0.4) is 0 Å². The average Bonchev–Trinajstić information content (AvgIpc) is 2.41. The molecule has 0 amide bonds. The standard InChI is InChI=1S/C12H15N5O2S/c13-11-9-15-6-3-12(11)16-7-8-20(18,19)17-10-1-4-14-5-2-10/h1-6,9H,7-8,13H2,(H,14,17)(H,15,16). The predicted octanol–water partition coefficient (Wildman–Crippen LogP) is 0.913. The summed E-state index contributed by atoms with van der Waals surface area (Å²) in [5.41, 5.74) is 7.33. The van der Waals surface area contributed by atoms with Crippen LogP contribution < -0.4 is 15.8 Å². The maximum atomic E-state index is 11.9. The van der Waals surface area contributed by atoms with Gasteiger partial charge < -0.3 is 11.1 Å². The molecule has 8 heteroatoms. The lowest BCUT2D eigenvalue weighted by Crippen LogP contribution is -2.22. The Labute approximate surface area is 117 Å². The van der Waals surface area contributed by atoms with Crippen molar-refractivity contribution in [2.24, 2.45) is 0 Å². The van der Waals surface area contributed by atoms with Gasteiger partial charge in [0.15, 0.2) is 0 Å². The van der Waals surface area contributed by atoms with Gasteiger partial charge in [-0.15, -0.1) is 0 Å². The van der Waals surface area contributed by atoms with Crippen LogP contribution >= 0.6 is 0 Å². The van der Waals surface area contributed by atoms with Crippen LogP contribution in [0.4, 0.5) is 17.1 Å². The zero-order valence-corrected chi connectivity index (χ0v) is 11.5. The van der Waals surface area contributed by atoms with Crippen LogP contribution in [0.15, 0.2) is 43.0 Å². The SMILES string of the molecule is Nc1cnccc1NCCS(=O)(=O)Nc1ccncc1. The molecule has 0 bridgehead atoms. The molecule has 7 nitrogen and oxygen atoms in total. The highest BCUT2D eigenvalue weighted by molar-refractivity contribution is 7.92. The summed E-state index contributed by atoms with van der Waals surface area (Å²) in [6.45, 7) is 0.245. The van der Waals surface area contributed by atoms with Gasteiger partial charge in [-0.05, 0) is 18.2 Å². The number of anilines is 3. The number of hydrogen-bond donors (Lipinski definition) is 3. The van der Waals surface area contributed by atoms with Crippen LogP contribution in [0.2, 0.25) is 0 Å². The fourth-order valence-electron chi connectivity index (χ4n) is 1.54. The average molecular weight is 293 g/mol. The Hall–Kier alpha value is -2.35. The highest BCUT2D eigenvalue weighted by Crippen LogP contribution is 2.14. The molecular formula is C12H15N5O2S. The van der Waals surface area contributed by atoms with E-state index in [9.17, 15) is 8.42 Å². The Kier molecular flexibility index (Phi) is 4.36. The Morgan fingerprint density at radius 3 is 2.50 bits per heavy atom. The second-order valence-corrected chi connectivity index (χ2v) is 5.89. The number of hydrogen-bond acceptors (Lipinski definition) is 6. The Morgan fingerprint density at radius 1 is 1.10 bits per heavy atom. The molecule has 0 unspecified atom stereocenters. The van der Waals surface area contributed by atoms with Crippen molar-refractivity contribution in [3.8, 4) is 0 Å². The van der Waals surface area contributed by atoms with Gasteiger partial charge >= 0.3 is 0 Å². The molecule has 0 atom stereocenters. The van der Waals surface area contributed by atoms with Gasteiger partial charge in [0.1, 0.15) is 0 Å². The first-order valence-corrected chi connectivity index (χ1v) is 7.56. The molecule has 0 aromatic carbocycles. The maximum absolute atomic E-state index is 11.9. The van der Waals surface area contributed by atoms with Gasteiger partial charge in [0.05, 0.1) is 29.0 Å². The lowest BCUT2D eigenvalue weighted by Gasteiger charge is -2.10. The monoisotopic (exact) mass is 293 g/mol. The first-order valence-electron chi connectivity index (χ1n) is 5.91. The summed E-state index contributed by atoms with van der Waals surface area (Å²) in [7, 11) is -3.41. The quantitative estimate of drug-likeness (QED) is 0.730. The number of sulfonamides is 1. The molecule has 106 valence electrons. The van der Waals surface area contributed by atoms with E-state index in [0.29, 0.717) is 17.1 Å². The van der Waals surface area contributed by atoms with E-state index < -0.39 is 10.0 Å². The summed E-state index contributed by atoms with van der Waals surface area (Å²) in [5, 5.41) is 2.96. The molecule has 0 spiro atoms. The first-order chi connectivity index (χ1) is 9.57. The molecule has 2 aromatic rings. The number of nitrogen functional groups attached to an aromatic ring is 1. The van der Waals surface area contributed by atoms with Gasteiger partial charge in [0.25, 0.3) is 0 Å². The molecule has 2 heterocycles. The van der Waals surface area contributed by atoms with Gasteiger partial charge in [0.2, 0.25) is 10.0 Å². The van der Waals surface area contributed by atoms with E-state index in [2.05, 4.69) is 20.0 Å². The van der Waals surface area contributed by atoms with Crippen molar-refractivity contribution >= 4 is 27.1 Å². The Balaban J connectivity index is 1.89. The Morgan fingerprint density at radius 2 is 1.80 bits per heavy atom. The molecule has 2 aromatic heterocycles. The van der Waals surface area contributed by atoms with Gasteiger partial charge in [-0.25, -0.2) is 8.42 Å². The fourth-order valence-corrected chi connectivity index (χ4v) is 2.51. The van der Waals surface area contributed by atoms with E-state index in [0.717, 1.165) is 0 Å². The summed E-state index contributed by atoms with van der Waals surface area (Å²) in [6.07, 6.45) is 6.13. The summed E-state index contributed by atoms with van der Waals surface area (Å²) < 4.78 is 26.2. The van der Waals surface area contributed by atoms with E-state index in [1.807, 2.05) is 0 Å². The largest absolute Gasteiger partial charge is 0.396 e. The van der Waals surface area contributed by atoms with Crippen molar-refractivity contribution in [2.75, 3.05) is 28.1 Å². The van der Waals surface area contributed by atoms with Crippen molar-refractivity contribution in [3.05, 3.63) is 43.0 Å². The van der Waals surface area contributed by atoms with Crippen molar-refractivity contribution in [1.82, 2.24) is 9.97 Å². The van der Waals surface area contributed by atoms with Gasteiger partial charge in [0, 0.05) is 25.1 Å². The van der Waals surface area contributed by atoms with E-state index in [1.165, 1.54) is 18.6 Å². The van der Waals surface area contributed by atoms with Crippen LogP contribution in [0.1, 0.15) is 0 Å². The van der Waals surface area contributed by atoms with Crippen molar-refractivity contribution in [1.29, 1.82) is 0 Å². The molecule has 2 rings (SSSR count). The van der Waals surface area contributed by atoms with E-state index in [-0.39, 0.29) is 12.3 Å². The van der Waals surface area contributed by atoms with Gasteiger partial charge in [-0.3, -0.25) is 14.7 Å². The second-order valence-electron chi connectivity index (χ2n) is 4.05. The van der Waals surface area contributed by atoms with Crippen LogP contribution in [-0.2, 0) is 10.0 Å². The van der Waals surface area contributed by atoms with Crippen LogP contribution in [0.5, 0.6) is 0 Å². The zero-order valence-electron chi connectivity index (χ0n) is 10.7. The normalized spacial score (nSPS) is 11.0. The number of nitrogens with zero attached hydrogens (tertiary/aromatic N) is 2. The lowest BCUT2D eigenvalue weighted by molar-refractivity contribution is 0.601. The van der Waals surface area contributed by atoms with Gasteiger partial charge in [-0.1, -0.05) is 0 Å². The third kappa shape index (κ3) is 4.09. The summed E-state index contributed by atoms with van der Waals surface area (Å²) in [6, 6.07) is 4.87. The van der Waals surface area contributed by atoms with Crippen molar-refractivity contribution in [3.63, 3.8) is 0 Å². The molecule has 4 N–H and O–H groups in total. The number of rotatable bonds is 6. The maximum Gasteiger partial charge on any atom is 0.234 e. The number of nitrogens with one attached hydrogen (secondary N) is 2. The molecule has 0 radical (unpaired) electrons. The topological polar surface area (TPSA) is 110 Å². The fraction of sp³-hybridized carbons (Fsp3) is 0.167. The number of nitrogens with two attached hydrogens (primary N) is 1. The zero-order chi connectivity index (χ0) is 14.4. The third-order valence-corrected chi connectivity index (χ3v) is 3.78. The first kappa shape index (κ1) is 14.1. The smallest absolute Gasteiger partial charge is 0.234 e. The second kappa shape index (κ2) is 6.20. The van der Waals surface area contributed by atoms with E-state index >= 15 is 0 Å². The summed E-state index contributed by atoms with van der Waals surface area (Å²) >= 11 is 0. The predicted molar refractivity (Wildman–Crippen MR) is 78.8 cm³/mol. The third-order valence-electron chi connectivity index (χ3n) is 2.49. The molecule has 0 saturated heterocycles. The van der Waals surface area contributed by atoms with Crippen molar-refractivity contribution in [2.45, 2.75) is 0 Å². The molecule has 20 heavy (non-hydrogen) atoms. The number of pyridine rings is 2. The summed E-state index contributed by atoms with van der Waals surface area (Å²) in [5.74, 6) is -0.0723. The van der Waals surface area contributed by atoms with E-state index in [4.69, 9.17) is 5.73 Å².